The number of ether oxygens (including phenoxy) is 1. The highest BCUT2D eigenvalue weighted by Crippen LogP contribution is 2.36. The van der Waals surface area contributed by atoms with Gasteiger partial charge in [0.05, 0.1) is 39.0 Å². The first-order valence-electron chi connectivity index (χ1n) is 10.4. The number of furan rings is 1. The van der Waals surface area contributed by atoms with E-state index < -0.39 is 0 Å². The van der Waals surface area contributed by atoms with Gasteiger partial charge in [-0.15, -0.1) is 0 Å². The van der Waals surface area contributed by atoms with Gasteiger partial charge in [0.25, 0.3) is 5.91 Å². The summed E-state index contributed by atoms with van der Waals surface area (Å²) >= 11 is 0. The summed E-state index contributed by atoms with van der Waals surface area (Å²) in [5.41, 5.74) is 2.16. The highest BCUT2D eigenvalue weighted by atomic mass is 16.5. The number of anilines is 2. The zero-order chi connectivity index (χ0) is 21.2. The predicted molar refractivity (Wildman–Crippen MR) is 119 cm³/mol. The molecule has 1 amide bonds. The zero-order valence-electron chi connectivity index (χ0n) is 17.3. The number of carbonyl (C=O) groups excluding carboxylic acids is 1. The molecule has 158 valence electrons. The number of quaternary nitrogens is 1. The molecule has 0 saturated carbocycles. The van der Waals surface area contributed by atoms with Gasteiger partial charge in [0, 0.05) is 29.2 Å². The number of nitrogens with one attached hydrogen (secondary N) is 2. The van der Waals surface area contributed by atoms with Crippen LogP contribution in [-0.4, -0.2) is 55.7 Å². The fraction of sp³-hybridized carbons (Fsp3) is 0.261. The maximum Gasteiger partial charge on any atom is 0.279 e. The molecule has 31 heavy (non-hydrogen) atoms. The Morgan fingerprint density at radius 2 is 1.87 bits per heavy atom. The summed E-state index contributed by atoms with van der Waals surface area (Å²) < 4.78 is 11.5. The van der Waals surface area contributed by atoms with Crippen LogP contribution in [0, 0.1) is 0 Å². The average molecular weight is 418 g/mol. The van der Waals surface area contributed by atoms with Crippen molar-refractivity contribution in [2.24, 2.45) is 0 Å². The zero-order valence-corrected chi connectivity index (χ0v) is 17.3. The van der Waals surface area contributed by atoms with Gasteiger partial charge in [0.1, 0.15) is 16.9 Å². The number of benzene rings is 2. The van der Waals surface area contributed by atoms with Crippen molar-refractivity contribution in [1.29, 1.82) is 0 Å². The molecule has 0 radical (unpaired) electrons. The number of piperazine rings is 1. The van der Waals surface area contributed by atoms with Crippen molar-refractivity contribution in [2.45, 2.75) is 0 Å². The van der Waals surface area contributed by atoms with Gasteiger partial charge < -0.3 is 24.3 Å². The predicted octanol–water partition coefficient (Wildman–Crippen LogP) is 1.73. The van der Waals surface area contributed by atoms with E-state index >= 15 is 0 Å². The van der Waals surface area contributed by atoms with Gasteiger partial charge in [0.2, 0.25) is 5.95 Å². The molecule has 2 aromatic heterocycles. The summed E-state index contributed by atoms with van der Waals surface area (Å²) in [4.78, 5) is 24.7. The van der Waals surface area contributed by atoms with Gasteiger partial charge in [-0.2, -0.15) is 0 Å². The van der Waals surface area contributed by atoms with Crippen LogP contribution in [0.4, 0.5) is 11.6 Å². The van der Waals surface area contributed by atoms with Crippen molar-refractivity contribution in [3.63, 3.8) is 0 Å². The number of hydrogen-bond donors (Lipinski definition) is 2. The Kier molecular flexibility index (Phi) is 5.13. The van der Waals surface area contributed by atoms with E-state index in [1.165, 1.54) is 4.90 Å². The molecule has 8 heteroatoms. The molecule has 2 N–H and O–H groups in total. The maximum atomic E-state index is 12.8. The van der Waals surface area contributed by atoms with Crippen LogP contribution in [0.25, 0.3) is 21.9 Å². The van der Waals surface area contributed by atoms with E-state index in [-0.39, 0.29) is 5.91 Å². The van der Waals surface area contributed by atoms with Crippen molar-refractivity contribution in [3.8, 4) is 5.75 Å². The molecule has 5 rings (SSSR count). The molecule has 1 fully saturated rings. The molecular formula is C23H24N5O3+. The minimum atomic E-state index is -0.0480. The van der Waals surface area contributed by atoms with E-state index in [0.29, 0.717) is 18.0 Å². The first-order chi connectivity index (χ1) is 15.2. The van der Waals surface area contributed by atoms with E-state index in [9.17, 15) is 4.79 Å². The Hall–Kier alpha value is -3.65. The summed E-state index contributed by atoms with van der Waals surface area (Å²) in [6.45, 7) is 3.74. The molecule has 0 aliphatic carbocycles. The third kappa shape index (κ3) is 3.89. The fourth-order valence-corrected chi connectivity index (χ4v) is 4.09. The number of carbonyl (C=O) groups is 1. The van der Waals surface area contributed by atoms with E-state index in [1.807, 2.05) is 42.5 Å². The van der Waals surface area contributed by atoms with E-state index in [2.05, 4.69) is 20.2 Å². The molecule has 0 bridgehead atoms. The van der Waals surface area contributed by atoms with E-state index in [4.69, 9.17) is 9.15 Å². The second-order valence-electron chi connectivity index (χ2n) is 7.66. The van der Waals surface area contributed by atoms with Crippen molar-refractivity contribution < 1.29 is 18.8 Å². The summed E-state index contributed by atoms with van der Waals surface area (Å²) in [6.07, 6.45) is 3.50. The number of nitrogens with zero attached hydrogens (tertiary/aromatic N) is 3. The van der Waals surface area contributed by atoms with E-state index in [1.54, 1.807) is 19.5 Å². The Morgan fingerprint density at radius 3 is 2.65 bits per heavy atom. The normalized spacial score (nSPS) is 14.8. The lowest BCUT2D eigenvalue weighted by Gasteiger charge is -2.31. The number of amides is 1. The summed E-state index contributed by atoms with van der Waals surface area (Å²) in [5.74, 6) is 1.32. The number of methoxy groups -OCH3 is 1. The average Bonchev–Trinajstić information content (AvgIpc) is 3.17. The van der Waals surface area contributed by atoms with Crippen LogP contribution in [0.2, 0.25) is 0 Å². The van der Waals surface area contributed by atoms with Crippen molar-refractivity contribution >= 4 is 39.5 Å². The molecule has 1 aliphatic rings. The number of aromatic nitrogens is 2. The Morgan fingerprint density at radius 1 is 1.10 bits per heavy atom. The van der Waals surface area contributed by atoms with Gasteiger partial charge in [-0.3, -0.25) is 4.79 Å². The van der Waals surface area contributed by atoms with Crippen LogP contribution >= 0.6 is 0 Å². The highest BCUT2D eigenvalue weighted by Gasteiger charge is 2.24. The molecule has 0 spiro atoms. The molecule has 8 nitrogen and oxygen atoms in total. The number of rotatable bonds is 5. The molecular weight excluding hydrogens is 394 g/mol. The first-order valence-corrected chi connectivity index (χ1v) is 10.4. The molecule has 1 saturated heterocycles. The van der Waals surface area contributed by atoms with Crippen molar-refractivity contribution in [1.82, 2.24) is 9.97 Å². The molecule has 4 aromatic rings. The molecule has 3 heterocycles. The monoisotopic (exact) mass is 418 g/mol. The summed E-state index contributed by atoms with van der Waals surface area (Å²) in [5, 5.41) is 5.00. The fourth-order valence-electron chi connectivity index (χ4n) is 4.09. The highest BCUT2D eigenvalue weighted by molar-refractivity contribution is 6.07. The smallest absolute Gasteiger partial charge is 0.279 e. The molecule has 0 atom stereocenters. The van der Waals surface area contributed by atoms with Crippen LogP contribution in [-0.2, 0) is 4.79 Å². The Balaban J connectivity index is 1.26. The van der Waals surface area contributed by atoms with Crippen molar-refractivity contribution in [3.05, 3.63) is 54.9 Å². The number of para-hydroxylation sites is 1. The second kappa shape index (κ2) is 8.23. The first kappa shape index (κ1) is 19.3. The van der Waals surface area contributed by atoms with Crippen LogP contribution < -0.4 is 19.9 Å². The SMILES string of the molecule is COc1cc2c(cc1NC(=O)C[NH+]1CCN(c3ncccn3)CC1)oc1ccccc12. The molecule has 1 aliphatic heterocycles. The molecule has 2 aromatic carbocycles. The second-order valence-corrected chi connectivity index (χ2v) is 7.66. The van der Waals surface area contributed by atoms with Crippen molar-refractivity contribution in [2.75, 3.05) is 50.1 Å². The van der Waals surface area contributed by atoms with Crippen LogP contribution in [0.15, 0.2) is 59.3 Å². The third-order valence-electron chi connectivity index (χ3n) is 5.69. The summed E-state index contributed by atoms with van der Waals surface area (Å²) in [6, 6.07) is 13.4. The van der Waals surface area contributed by atoms with Gasteiger partial charge in [-0.05, 0) is 18.2 Å². The minimum absolute atomic E-state index is 0.0480. The lowest BCUT2D eigenvalue weighted by atomic mass is 10.1. The van der Waals surface area contributed by atoms with Gasteiger partial charge in [-0.1, -0.05) is 18.2 Å². The summed E-state index contributed by atoms with van der Waals surface area (Å²) in [7, 11) is 1.61. The maximum absolute atomic E-state index is 12.8. The van der Waals surface area contributed by atoms with Crippen LogP contribution in [0.5, 0.6) is 5.75 Å². The number of hydrogen-bond acceptors (Lipinski definition) is 6. The largest absolute Gasteiger partial charge is 0.495 e. The lowest BCUT2D eigenvalue weighted by molar-refractivity contribution is -0.892. The minimum Gasteiger partial charge on any atom is -0.495 e. The van der Waals surface area contributed by atoms with Gasteiger partial charge in [0.15, 0.2) is 6.54 Å². The molecule has 0 unspecified atom stereocenters. The number of fused-ring (bicyclic) bond motifs is 3. The third-order valence-corrected chi connectivity index (χ3v) is 5.69. The van der Waals surface area contributed by atoms with Gasteiger partial charge >= 0.3 is 0 Å². The van der Waals surface area contributed by atoms with Gasteiger partial charge in [-0.25, -0.2) is 9.97 Å². The Labute approximate surface area is 179 Å². The van der Waals surface area contributed by atoms with Crippen LogP contribution in [0.1, 0.15) is 0 Å². The standard InChI is InChI=1S/C23H23N5O3/c1-30-21-13-17-16-5-2-3-6-19(16)31-20(17)14-18(21)26-22(29)15-27-9-11-28(12-10-27)23-24-7-4-8-25-23/h2-8,13-14H,9-12,15H2,1H3,(H,26,29)/p+1. The quantitative estimate of drug-likeness (QED) is 0.514. The van der Waals surface area contributed by atoms with E-state index in [0.717, 1.165) is 54.1 Å². The lowest BCUT2D eigenvalue weighted by Crippen LogP contribution is -3.15. The topological polar surface area (TPSA) is 84.9 Å². The van der Waals surface area contributed by atoms with Crippen LogP contribution in [0.3, 0.4) is 0 Å². The Bertz CT molecular complexity index is 1220.